The van der Waals surface area contributed by atoms with Crippen molar-refractivity contribution < 1.29 is 19.1 Å². The van der Waals surface area contributed by atoms with E-state index in [-0.39, 0.29) is 24.0 Å². The van der Waals surface area contributed by atoms with Crippen molar-refractivity contribution >= 4 is 11.9 Å². The topological polar surface area (TPSA) is 55.8 Å². The van der Waals surface area contributed by atoms with E-state index in [0.29, 0.717) is 13.2 Å². The second-order valence-electron chi connectivity index (χ2n) is 5.88. The largest absolute Gasteiger partial charge is 0.466 e. The number of nitrogens with zero attached hydrogens (tertiary/aromatic N) is 1. The van der Waals surface area contributed by atoms with Gasteiger partial charge in [-0.25, -0.2) is 0 Å². The molecule has 0 aromatic heterocycles. The molecule has 0 aromatic rings. The molecule has 3 aliphatic rings. The Labute approximate surface area is 118 Å². The van der Waals surface area contributed by atoms with Gasteiger partial charge >= 0.3 is 5.97 Å². The summed E-state index contributed by atoms with van der Waals surface area (Å²) in [6.07, 6.45) is 4.47. The second-order valence-corrected chi connectivity index (χ2v) is 5.88. The van der Waals surface area contributed by atoms with Crippen molar-refractivity contribution in [2.24, 2.45) is 11.8 Å². The van der Waals surface area contributed by atoms with Gasteiger partial charge in [0, 0.05) is 6.04 Å². The number of hydrogen-bond donors (Lipinski definition) is 0. The highest BCUT2D eigenvalue weighted by Gasteiger charge is 2.67. The van der Waals surface area contributed by atoms with Gasteiger partial charge in [-0.2, -0.15) is 0 Å². The van der Waals surface area contributed by atoms with Crippen molar-refractivity contribution in [3.8, 4) is 0 Å². The maximum atomic E-state index is 12.7. The Hall–Kier alpha value is -1.36. The average molecular weight is 279 g/mol. The maximum Gasteiger partial charge on any atom is 0.312 e. The third-order valence-electron chi connectivity index (χ3n) is 4.81. The highest BCUT2D eigenvalue weighted by atomic mass is 16.6. The Bertz CT molecular complexity index is 474. The normalized spacial score (nSPS) is 39.2. The summed E-state index contributed by atoms with van der Waals surface area (Å²) in [5, 5.41) is 0. The second kappa shape index (κ2) is 4.58. The molecule has 3 aliphatic heterocycles. The van der Waals surface area contributed by atoms with E-state index in [1.807, 2.05) is 24.0 Å². The molecule has 1 spiro atoms. The summed E-state index contributed by atoms with van der Waals surface area (Å²) in [5.41, 5.74) is -0.609. The number of rotatable bonds is 4. The molecular weight excluding hydrogens is 258 g/mol. The van der Waals surface area contributed by atoms with Crippen molar-refractivity contribution in [1.29, 1.82) is 0 Å². The first-order valence-electron chi connectivity index (χ1n) is 7.38. The summed E-state index contributed by atoms with van der Waals surface area (Å²) < 4.78 is 11.1. The van der Waals surface area contributed by atoms with Gasteiger partial charge in [-0.05, 0) is 20.3 Å². The molecule has 1 amide bonds. The van der Waals surface area contributed by atoms with Crippen molar-refractivity contribution in [2.45, 2.75) is 44.9 Å². The number of carbonyl (C=O) groups excluding carboxylic acids is 2. The smallest absolute Gasteiger partial charge is 0.312 e. The Morgan fingerprint density at radius 1 is 1.60 bits per heavy atom. The SMILES string of the molecule is CCOC(=O)[C@H]1[C@H]2C(=O)N([C@@H](C)CC)C[C@]23C=C[C@H]1O3. The number of amides is 1. The van der Waals surface area contributed by atoms with Gasteiger partial charge in [0.15, 0.2) is 0 Å². The van der Waals surface area contributed by atoms with E-state index < -0.39 is 17.4 Å². The minimum atomic E-state index is -0.609. The third kappa shape index (κ3) is 1.65. The van der Waals surface area contributed by atoms with E-state index in [4.69, 9.17) is 9.47 Å². The fraction of sp³-hybridized carbons (Fsp3) is 0.733. The summed E-state index contributed by atoms with van der Waals surface area (Å²) in [6, 6.07) is 0.168. The summed E-state index contributed by atoms with van der Waals surface area (Å²) in [4.78, 5) is 26.7. The van der Waals surface area contributed by atoms with Crippen LogP contribution in [0.4, 0.5) is 0 Å². The highest BCUT2D eigenvalue weighted by Crippen LogP contribution is 2.52. The first kappa shape index (κ1) is 13.6. The lowest BCUT2D eigenvalue weighted by Gasteiger charge is -2.26. The van der Waals surface area contributed by atoms with Crippen LogP contribution >= 0.6 is 0 Å². The summed E-state index contributed by atoms with van der Waals surface area (Å²) in [6.45, 7) is 6.74. The zero-order valence-corrected chi connectivity index (χ0v) is 12.2. The van der Waals surface area contributed by atoms with Crippen LogP contribution in [0, 0.1) is 11.8 Å². The number of carbonyl (C=O) groups is 2. The van der Waals surface area contributed by atoms with Gasteiger partial charge in [-0.1, -0.05) is 19.1 Å². The van der Waals surface area contributed by atoms with Crippen molar-refractivity contribution in [2.75, 3.05) is 13.2 Å². The van der Waals surface area contributed by atoms with Crippen LogP contribution in [0.3, 0.4) is 0 Å². The van der Waals surface area contributed by atoms with Crippen LogP contribution in [0.15, 0.2) is 12.2 Å². The lowest BCUT2D eigenvalue weighted by molar-refractivity contribution is -0.153. The molecule has 0 aromatic carbocycles. The molecule has 5 heteroatoms. The molecule has 3 heterocycles. The number of esters is 1. The molecular formula is C15H21NO4. The molecule has 0 saturated carbocycles. The van der Waals surface area contributed by atoms with Gasteiger partial charge in [0.2, 0.25) is 5.91 Å². The predicted molar refractivity (Wildman–Crippen MR) is 71.8 cm³/mol. The molecule has 2 bridgehead atoms. The zero-order chi connectivity index (χ0) is 14.5. The average Bonchev–Trinajstić information content (AvgIpc) is 3.06. The molecule has 110 valence electrons. The Balaban J connectivity index is 1.90. The summed E-state index contributed by atoms with van der Waals surface area (Å²) >= 11 is 0. The van der Waals surface area contributed by atoms with Gasteiger partial charge in [-0.15, -0.1) is 0 Å². The van der Waals surface area contributed by atoms with Gasteiger partial charge in [0.05, 0.1) is 25.2 Å². The molecule has 0 radical (unpaired) electrons. The van der Waals surface area contributed by atoms with E-state index in [9.17, 15) is 9.59 Å². The molecule has 2 saturated heterocycles. The van der Waals surface area contributed by atoms with Gasteiger partial charge in [0.25, 0.3) is 0 Å². The van der Waals surface area contributed by atoms with Crippen LogP contribution < -0.4 is 0 Å². The van der Waals surface area contributed by atoms with E-state index in [1.165, 1.54) is 0 Å². The van der Waals surface area contributed by atoms with Crippen molar-refractivity contribution in [3.63, 3.8) is 0 Å². The Kier molecular flexibility index (Phi) is 3.12. The van der Waals surface area contributed by atoms with Crippen molar-refractivity contribution in [1.82, 2.24) is 4.90 Å². The quantitative estimate of drug-likeness (QED) is 0.572. The predicted octanol–water partition coefficient (Wildman–Crippen LogP) is 1.13. The minimum absolute atomic E-state index is 0.0317. The van der Waals surface area contributed by atoms with Crippen LogP contribution in [0.2, 0.25) is 0 Å². The van der Waals surface area contributed by atoms with Crippen LogP contribution in [0.25, 0.3) is 0 Å². The number of ether oxygens (including phenoxy) is 2. The van der Waals surface area contributed by atoms with E-state index >= 15 is 0 Å². The summed E-state index contributed by atoms with van der Waals surface area (Å²) in [7, 11) is 0. The molecule has 20 heavy (non-hydrogen) atoms. The zero-order valence-electron chi connectivity index (χ0n) is 12.2. The van der Waals surface area contributed by atoms with Crippen LogP contribution in [0.5, 0.6) is 0 Å². The molecule has 3 rings (SSSR count). The van der Waals surface area contributed by atoms with Gasteiger partial charge in [-0.3, -0.25) is 9.59 Å². The molecule has 0 aliphatic carbocycles. The van der Waals surface area contributed by atoms with Crippen molar-refractivity contribution in [3.05, 3.63) is 12.2 Å². The number of fused-ring (bicyclic) bond motifs is 1. The monoisotopic (exact) mass is 279 g/mol. The van der Waals surface area contributed by atoms with Crippen LogP contribution in [0.1, 0.15) is 27.2 Å². The first-order valence-corrected chi connectivity index (χ1v) is 7.38. The third-order valence-corrected chi connectivity index (χ3v) is 4.81. The van der Waals surface area contributed by atoms with Gasteiger partial charge < -0.3 is 14.4 Å². The van der Waals surface area contributed by atoms with Gasteiger partial charge in [0.1, 0.15) is 11.5 Å². The molecule has 0 N–H and O–H groups in total. The lowest BCUT2D eigenvalue weighted by Crippen LogP contribution is -2.41. The van der Waals surface area contributed by atoms with E-state index in [1.54, 1.807) is 6.92 Å². The fourth-order valence-corrected chi connectivity index (χ4v) is 3.63. The first-order chi connectivity index (χ1) is 9.54. The highest BCUT2D eigenvalue weighted by molar-refractivity contribution is 5.91. The fourth-order valence-electron chi connectivity index (χ4n) is 3.63. The Morgan fingerprint density at radius 3 is 3.00 bits per heavy atom. The standard InChI is InChI=1S/C15H21NO4/c1-4-9(3)16-8-15-7-6-10(20-15)11(12(15)13(16)17)14(18)19-5-2/h6-7,9-12H,4-5,8H2,1-3H3/t9-,10+,11+,12-,15+/m0/s1. The maximum absolute atomic E-state index is 12.7. The summed E-state index contributed by atoms with van der Waals surface area (Å²) in [5.74, 6) is -1.18. The number of hydrogen-bond acceptors (Lipinski definition) is 4. The minimum Gasteiger partial charge on any atom is -0.466 e. The molecule has 5 atom stereocenters. The van der Waals surface area contributed by atoms with Crippen LogP contribution in [-0.2, 0) is 19.1 Å². The molecule has 5 nitrogen and oxygen atoms in total. The van der Waals surface area contributed by atoms with E-state index in [0.717, 1.165) is 6.42 Å². The Morgan fingerprint density at radius 2 is 2.35 bits per heavy atom. The van der Waals surface area contributed by atoms with E-state index in [2.05, 4.69) is 6.92 Å². The van der Waals surface area contributed by atoms with Crippen LogP contribution in [-0.4, -0.2) is 47.7 Å². The molecule has 2 fully saturated rings. The number of likely N-dealkylation sites (tertiary alicyclic amines) is 1. The lowest BCUT2D eigenvalue weighted by atomic mass is 9.77. The molecule has 0 unspecified atom stereocenters.